The van der Waals surface area contributed by atoms with Crippen molar-refractivity contribution in [1.29, 1.82) is 0 Å². The zero-order chi connectivity index (χ0) is 20.8. The molecule has 2 atom stereocenters. The zero-order valence-corrected chi connectivity index (χ0v) is 19.0. The van der Waals surface area contributed by atoms with Gasteiger partial charge in [-0.05, 0) is 100 Å². The third-order valence-electron chi connectivity index (χ3n) is 6.86. The van der Waals surface area contributed by atoms with Gasteiger partial charge in [0.15, 0.2) is 0 Å². The van der Waals surface area contributed by atoms with Crippen molar-refractivity contribution in [1.82, 2.24) is 10.2 Å². The van der Waals surface area contributed by atoms with Crippen LogP contribution < -0.4 is 5.32 Å². The lowest BCUT2D eigenvalue weighted by Crippen LogP contribution is -2.41. The van der Waals surface area contributed by atoms with Gasteiger partial charge in [0.2, 0.25) is 0 Å². The summed E-state index contributed by atoms with van der Waals surface area (Å²) in [6.45, 7) is 12.1. The molecule has 1 saturated carbocycles. The summed E-state index contributed by atoms with van der Waals surface area (Å²) in [6.07, 6.45) is 10.6. The summed E-state index contributed by atoms with van der Waals surface area (Å²) in [5.74, 6) is 1.60. The van der Waals surface area contributed by atoms with Gasteiger partial charge < -0.3 is 10.2 Å². The van der Waals surface area contributed by atoms with Crippen LogP contribution in [0.2, 0.25) is 0 Å². The first kappa shape index (κ1) is 22.1. The van der Waals surface area contributed by atoms with Gasteiger partial charge in [-0.15, -0.1) is 0 Å². The first-order valence-electron chi connectivity index (χ1n) is 11.8. The fourth-order valence-electron chi connectivity index (χ4n) is 4.78. The molecule has 1 amide bonds. The van der Waals surface area contributed by atoms with E-state index in [1.807, 2.05) is 6.07 Å². The Hall–Kier alpha value is -1.61. The van der Waals surface area contributed by atoms with E-state index >= 15 is 0 Å². The van der Waals surface area contributed by atoms with Gasteiger partial charge in [0.25, 0.3) is 5.91 Å². The number of hydrogen-bond acceptors (Lipinski definition) is 2. The van der Waals surface area contributed by atoms with Crippen molar-refractivity contribution < 1.29 is 4.79 Å². The van der Waals surface area contributed by atoms with E-state index in [9.17, 15) is 4.79 Å². The van der Waals surface area contributed by atoms with Crippen LogP contribution in [0.25, 0.3) is 0 Å². The van der Waals surface area contributed by atoms with Gasteiger partial charge in [0.1, 0.15) is 0 Å². The molecule has 1 aromatic rings. The van der Waals surface area contributed by atoms with Crippen LogP contribution in [0, 0.1) is 12.8 Å². The minimum Gasteiger partial charge on any atom is -0.352 e. The molecule has 1 aliphatic carbocycles. The molecule has 3 rings (SSSR count). The van der Waals surface area contributed by atoms with Crippen molar-refractivity contribution in [3.63, 3.8) is 0 Å². The van der Waals surface area contributed by atoms with Gasteiger partial charge in [-0.2, -0.15) is 0 Å². The number of amides is 1. The van der Waals surface area contributed by atoms with E-state index in [1.54, 1.807) is 0 Å². The Balaban J connectivity index is 1.59. The Bertz CT molecular complexity index is 719. The topological polar surface area (TPSA) is 32.3 Å². The van der Waals surface area contributed by atoms with Crippen molar-refractivity contribution in [3.8, 4) is 0 Å². The van der Waals surface area contributed by atoms with Crippen LogP contribution in [0.4, 0.5) is 0 Å². The van der Waals surface area contributed by atoms with E-state index in [-0.39, 0.29) is 5.91 Å². The first-order valence-corrected chi connectivity index (χ1v) is 11.8. The Morgan fingerprint density at radius 1 is 1.24 bits per heavy atom. The number of nitrogens with one attached hydrogen (secondary N) is 1. The summed E-state index contributed by atoms with van der Waals surface area (Å²) in [5.41, 5.74) is 4.96. The lowest BCUT2D eigenvalue weighted by molar-refractivity contribution is 0.0954. The van der Waals surface area contributed by atoms with E-state index in [0.29, 0.717) is 12.0 Å². The molecule has 3 heteroatoms. The average molecular weight is 397 g/mol. The SMILES string of the molecule is CC/C=C(\CC)CCNC(=O)c1ccc(C)c(C2CCN(CC3CC3)C(C)C2)c1. The van der Waals surface area contributed by atoms with E-state index in [2.05, 4.69) is 56.1 Å². The van der Waals surface area contributed by atoms with Gasteiger partial charge in [-0.25, -0.2) is 0 Å². The quantitative estimate of drug-likeness (QED) is 0.532. The second-order valence-electron chi connectivity index (χ2n) is 9.21. The van der Waals surface area contributed by atoms with Crippen LogP contribution in [0.5, 0.6) is 0 Å². The standard InChI is InChI=1S/C26H40N2O/c1-5-7-21(6-2)12-14-27-26(29)24-11-8-19(3)25(17-24)23-13-15-28(20(4)16-23)18-22-9-10-22/h7-8,11,17,20,22-23H,5-6,9-10,12-16,18H2,1-4H3,(H,27,29)/b21-7+. The molecule has 1 aliphatic heterocycles. The molecule has 2 unspecified atom stereocenters. The Kier molecular flexibility index (Phi) is 7.94. The molecule has 1 aromatic carbocycles. The second kappa shape index (κ2) is 10.4. The predicted octanol–water partition coefficient (Wildman–Crippen LogP) is 5.84. The maximum atomic E-state index is 12.7. The van der Waals surface area contributed by atoms with Crippen molar-refractivity contribution in [2.45, 2.75) is 84.6 Å². The number of allylic oxidation sites excluding steroid dienone is 1. The number of rotatable bonds is 9. The van der Waals surface area contributed by atoms with Crippen LogP contribution in [-0.2, 0) is 0 Å². The van der Waals surface area contributed by atoms with Crippen molar-refractivity contribution in [2.24, 2.45) is 5.92 Å². The van der Waals surface area contributed by atoms with Crippen LogP contribution in [0.1, 0.15) is 93.1 Å². The van der Waals surface area contributed by atoms with Crippen molar-refractivity contribution in [3.05, 3.63) is 46.5 Å². The van der Waals surface area contributed by atoms with Crippen LogP contribution in [0.3, 0.4) is 0 Å². The molecule has 1 saturated heterocycles. The van der Waals surface area contributed by atoms with Crippen LogP contribution in [-0.4, -0.2) is 36.5 Å². The molecule has 3 nitrogen and oxygen atoms in total. The lowest BCUT2D eigenvalue weighted by Gasteiger charge is -2.38. The van der Waals surface area contributed by atoms with Gasteiger partial charge in [0, 0.05) is 24.7 Å². The van der Waals surface area contributed by atoms with Gasteiger partial charge in [-0.3, -0.25) is 4.79 Å². The summed E-state index contributed by atoms with van der Waals surface area (Å²) in [5, 5.41) is 3.13. The van der Waals surface area contributed by atoms with Gasteiger partial charge in [-0.1, -0.05) is 31.6 Å². The molecule has 1 N–H and O–H groups in total. The minimum atomic E-state index is 0.0671. The number of benzene rings is 1. The number of carbonyl (C=O) groups excluding carboxylic acids is 1. The molecule has 0 radical (unpaired) electrons. The monoisotopic (exact) mass is 396 g/mol. The van der Waals surface area contributed by atoms with E-state index in [4.69, 9.17) is 0 Å². The number of piperidine rings is 1. The largest absolute Gasteiger partial charge is 0.352 e. The number of aryl methyl sites for hydroxylation is 1. The molecule has 1 heterocycles. The van der Waals surface area contributed by atoms with Crippen LogP contribution >= 0.6 is 0 Å². The number of likely N-dealkylation sites (tertiary alicyclic amines) is 1. The second-order valence-corrected chi connectivity index (χ2v) is 9.21. The minimum absolute atomic E-state index is 0.0671. The molecule has 0 spiro atoms. The lowest BCUT2D eigenvalue weighted by atomic mass is 9.83. The summed E-state index contributed by atoms with van der Waals surface area (Å²) in [6, 6.07) is 6.94. The highest BCUT2D eigenvalue weighted by Crippen LogP contribution is 2.37. The first-order chi connectivity index (χ1) is 14.0. The van der Waals surface area contributed by atoms with Crippen LogP contribution in [0.15, 0.2) is 29.8 Å². The molecule has 29 heavy (non-hydrogen) atoms. The molecular weight excluding hydrogens is 356 g/mol. The third-order valence-corrected chi connectivity index (χ3v) is 6.86. The van der Waals surface area contributed by atoms with Crippen molar-refractivity contribution in [2.75, 3.05) is 19.6 Å². The predicted molar refractivity (Wildman–Crippen MR) is 123 cm³/mol. The molecule has 0 aromatic heterocycles. The zero-order valence-electron chi connectivity index (χ0n) is 19.0. The van der Waals surface area contributed by atoms with E-state index < -0.39 is 0 Å². The maximum absolute atomic E-state index is 12.7. The van der Waals surface area contributed by atoms with E-state index in [1.165, 1.54) is 55.5 Å². The third kappa shape index (κ3) is 6.18. The highest BCUT2D eigenvalue weighted by Gasteiger charge is 2.31. The fraction of sp³-hybridized carbons (Fsp3) is 0.654. The molecule has 0 bridgehead atoms. The normalized spacial score (nSPS) is 23.2. The number of nitrogens with zero attached hydrogens (tertiary/aromatic N) is 1. The Labute approximate surface area is 178 Å². The molecule has 2 fully saturated rings. The van der Waals surface area contributed by atoms with Gasteiger partial charge in [0.05, 0.1) is 0 Å². The summed E-state index contributed by atoms with van der Waals surface area (Å²) in [4.78, 5) is 15.4. The highest BCUT2D eigenvalue weighted by molar-refractivity contribution is 5.94. The molecule has 160 valence electrons. The highest BCUT2D eigenvalue weighted by atomic mass is 16.1. The number of hydrogen-bond donors (Lipinski definition) is 1. The summed E-state index contributed by atoms with van der Waals surface area (Å²) < 4.78 is 0. The average Bonchev–Trinajstić information content (AvgIpc) is 3.53. The maximum Gasteiger partial charge on any atom is 0.251 e. The summed E-state index contributed by atoms with van der Waals surface area (Å²) in [7, 11) is 0. The Morgan fingerprint density at radius 3 is 2.69 bits per heavy atom. The van der Waals surface area contributed by atoms with E-state index in [0.717, 1.165) is 37.3 Å². The van der Waals surface area contributed by atoms with Gasteiger partial charge >= 0.3 is 0 Å². The number of carbonyl (C=O) groups is 1. The molecule has 2 aliphatic rings. The Morgan fingerprint density at radius 2 is 2.03 bits per heavy atom. The van der Waals surface area contributed by atoms with Crippen molar-refractivity contribution >= 4 is 5.91 Å². The smallest absolute Gasteiger partial charge is 0.251 e. The summed E-state index contributed by atoms with van der Waals surface area (Å²) >= 11 is 0. The molecular formula is C26H40N2O. The fourth-order valence-corrected chi connectivity index (χ4v) is 4.78.